The third-order valence-electron chi connectivity index (χ3n) is 3.37. The number of para-hydroxylation sites is 1. The van der Waals surface area contributed by atoms with Crippen molar-refractivity contribution in [2.75, 3.05) is 11.4 Å². The standard InChI is InChI=1S/C16H15N.H3N/c1-3-17-12(2)13-8-4-5-9-14(13)15-10-6-7-11-16(15)17;/h4-11H,2-3H2,1H3;1H3. The molecule has 0 fully saturated rings. The molecule has 0 aliphatic carbocycles. The van der Waals surface area contributed by atoms with Gasteiger partial charge in [-0.25, -0.2) is 0 Å². The van der Waals surface area contributed by atoms with E-state index in [1.54, 1.807) is 0 Å². The molecular formula is C16H18N2. The van der Waals surface area contributed by atoms with Crippen molar-refractivity contribution in [1.82, 2.24) is 6.15 Å². The topological polar surface area (TPSA) is 38.2 Å². The van der Waals surface area contributed by atoms with E-state index in [-0.39, 0.29) is 6.15 Å². The first kappa shape index (κ1) is 12.4. The van der Waals surface area contributed by atoms with Crippen molar-refractivity contribution in [2.24, 2.45) is 0 Å². The number of hydrogen-bond acceptors (Lipinski definition) is 2. The number of hydrogen-bond donors (Lipinski definition) is 1. The molecule has 3 N–H and O–H groups in total. The molecule has 18 heavy (non-hydrogen) atoms. The zero-order chi connectivity index (χ0) is 11.8. The van der Waals surface area contributed by atoms with Crippen LogP contribution in [0.2, 0.25) is 0 Å². The molecule has 0 spiro atoms. The van der Waals surface area contributed by atoms with Crippen LogP contribution in [0, 0.1) is 0 Å². The van der Waals surface area contributed by atoms with Gasteiger partial charge in [-0.1, -0.05) is 49.0 Å². The van der Waals surface area contributed by atoms with Crippen LogP contribution in [0.4, 0.5) is 5.69 Å². The summed E-state index contributed by atoms with van der Waals surface area (Å²) in [5, 5.41) is 0. The fourth-order valence-electron chi connectivity index (χ4n) is 2.56. The first-order chi connectivity index (χ1) is 8.33. The quantitative estimate of drug-likeness (QED) is 0.803. The zero-order valence-electron chi connectivity index (χ0n) is 10.7. The van der Waals surface area contributed by atoms with Crippen molar-refractivity contribution in [3.05, 3.63) is 60.7 Å². The van der Waals surface area contributed by atoms with Crippen molar-refractivity contribution in [2.45, 2.75) is 6.92 Å². The number of fused-ring (bicyclic) bond motifs is 3. The fraction of sp³-hybridized carbons (Fsp3) is 0.125. The Kier molecular flexibility index (Phi) is 3.21. The minimum absolute atomic E-state index is 0. The summed E-state index contributed by atoms with van der Waals surface area (Å²) >= 11 is 0. The minimum Gasteiger partial charge on any atom is -0.344 e. The van der Waals surface area contributed by atoms with Crippen LogP contribution in [0.5, 0.6) is 0 Å². The van der Waals surface area contributed by atoms with Gasteiger partial charge in [0.1, 0.15) is 0 Å². The van der Waals surface area contributed by atoms with Gasteiger partial charge in [0.05, 0.1) is 0 Å². The first-order valence-electron chi connectivity index (χ1n) is 5.98. The Labute approximate surface area is 108 Å². The van der Waals surface area contributed by atoms with Crippen LogP contribution in [-0.2, 0) is 0 Å². The van der Waals surface area contributed by atoms with Crippen LogP contribution in [0.3, 0.4) is 0 Å². The highest BCUT2D eigenvalue weighted by molar-refractivity contribution is 5.98. The monoisotopic (exact) mass is 238 g/mol. The summed E-state index contributed by atoms with van der Waals surface area (Å²) in [7, 11) is 0. The molecule has 0 amide bonds. The average molecular weight is 238 g/mol. The van der Waals surface area contributed by atoms with Crippen molar-refractivity contribution in [3.8, 4) is 11.1 Å². The SMILES string of the molecule is C=C1c2ccccc2-c2ccccc2N1CC.N. The maximum absolute atomic E-state index is 4.23. The lowest BCUT2D eigenvalue weighted by Crippen LogP contribution is -2.24. The highest BCUT2D eigenvalue weighted by Gasteiger charge is 2.22. The minimum atomic E-state index is 0. The van der Waals surface area contributed by atoms with Crippen LogP contribution < -0.4 is 11.1 Å². The maximum Gasteiger partial charge on any atom is 0.0490 e. The molecule has 92 valence electrons. The van der Waals surface area contributed by atoms with Gasteiger partial charge in [-0.05, 0) is 18.6 Å². The van der Waals surface area contributed by atoms with Gasteiger partial charge in [-0.3, -0.25) is 0 Å². The van der Waals surface area contributed by atoms with Gasteiger partial charge in [0.15, 0.2) is 0 Å². The molecule has 0 saturated heterocycles. The third kappa shape index (κ3) is 1.62. The lowest BCUT2D eigenvalue weighted by molar-refractivity contribution is 1.03. The molecule has 1 heterocycles. The lowest BCUT2D eigenvalue weighted by atomic mass is 9.91. The molecule has 1 aliphatic rings. The summed E-state index contributed by atoms with van der Waals surface area (Å²) < 4.78 is 0. The van der Waals surface area contributed by atoms with E-state index in [4.69, 9.17) is 0 Å². The summed E-state index contributed by atoms with van der Waals surface area (Å²) in [6.45, 7) is 7.34. The predicted octanol–water partition coefficient (Wildman–Crippen LogP) is 4.33. The molecule has 2 aromatic carbocycles. The van der Waals surface area contributed by atoms with Crippen LogP contribution in [0.25, 0.3) is 16.8 Å². The van der Waals surface area contributed by atoms with E-state index in [1.807, 2.05) is 0 Å². The number of nitrogens with zero attached hydrogens (tertiary/aromatic N) is 1. The van der Waals surface area contributed by atoms with E-state index in [0.29, 0.717) is 0 Å². The third-order valence-corrected chi connectivity index (χ3v) is 3.37. The molecule has 0 atom stereocenters. The predicted molar refractivity (Wildman–Crippen MR) is 79.0 cm³/mol. The number of rotatable bonds is 1. The molecule has 2 heteroatoms. The van der Waals surface area contributed by atoms with Crippen LogP contribution in [0.1, 0.15) is 12.5 Å². The van der Waals surface area contributed by atoms with Gasteiger partial charge < -0.3 is 11.1 Å². The Bertz CT molecular complexity index is 587. The summed E-state index contributed by atoms with van der Waals surface area (Å²) in [5.41, 5.74) is 6.20. The van der Waals surface area contributed by atoms with Crippen LogP contribution in [-0.4, -0.2) is 6.54 Å². The molecule has 0 radical (unpaired) electrons. The van der Waals surface area contributed by atoms with Crippen molar-refractivity contribution in [3.63, 3.8) is 0 Å². The summed E-state index contributed by atoms with van der Waals surface area (Å²) in [4.78, 5) is 2.28. The average Bonchev–Trinajstić information content (AvgIpc) is 2.40. The molecule has 3 rings (SSSR count). The molecule has 2 nitrogen and oxygen atoms in total. The van der Waals surface area contributed by atoms with Gasteiger partial charge >= 0.3 is 0 Å². The lowest BCUT2D eigenvalue weighted by Gasteiger charge is -2.33. The summed E-state index contributed by atoms with van der Waals surface area (Å²) in [6.07, 6.45) is 0. The molecular weight excluding hydrogens is 220 g/mol. The first-order valence-corrected chi connectivity index (χ1v) is 5.98. The smallest absolute Gasteiger partial charge is 0.0490 e. The second kappa shape index (κ2) is 4.67. The van der Waals surface area contributed by atoms with Gasteiger partial charge in [0.2, 0.25) is 0 Å². The molecule has 0 bridgehead atoms. The Morgan fingerprint density at radius 3 is 2.11 bits per heavy atom. The molecule has 2 aromatic rings. The van der Waals surface area contributed by atoms with Gasteiger partial charge in [0.25, 0.3) is 0 Å². The Balaban J connectivity index is 0.00000120. The van der Waals surface area contributed by atoms with Crippen molar-refractivity contribution in [1.29, 1.82) is 0 Å². The van der Waals surface area contributed by atoms with E-state index >= 15 is 0 Å². The fourth-order valence-corrected chi connectivity index (χ4v) is 2.56. The highest BCUT2D eigenvalue weighted by atomic mass is 15.1. The van der Waals surface area contributed by atoms with E-state index in [0.717, 1.165) is 12.2 Å². The van der Waals surface area contributed by atoms with E-state index in [1.165, 1.54) is 22.4 Å². The summed E-state index contributed by atoms with van der Waals surface area (Å²) in [5.74, 6) is 0. The Morgan fingerprint density at radius 2 is 1.44 bits per heavy atom. The number of benzene rings is 2. The van der Waals surface area contributed by atoms with E-state index < -0.39 is 0 Å². The summed E-state index contributed by atoms with van der Waals surface area (Å²) in [6, 6.07) is 17.0. The van der Waals surface area contributed by atoms with Gasteiger partial charge in [0, 0.05) is 29.1 Å². The second-order valence-corrected chi connectivity index (χ2v) is 4.25. The van der Waals surface area contributed by atoms with Crippen LogP contribution in [0.15, 0.2) is 55.1 Å². The highest BCUT2D eigenvalue weighted by Crippen LogP contribution is 2.42. The van der Waals surface area contributed by atoms with Gasteiger partial charge in [-0.2, -0.15) is 0 Å². The Morgan fingerprint density at radius 1 is 0.889 bits per heavy atom. The molecule has 1 aliphatic heterocycles. The molecule has 0 saturated carbocycles. The van der Waals surface area contributed by atoms with Gasteiger partial charge in [-0.15, -0.1) is 0 Å². The molecule has 0 unspecified atom stereocenters. The second-order valence-electron chi connectivity index (χ2n) is 4.25. The van der Waals surface area contributed by atoms with E-state index in [2.05, 4.69) is 66.9 Å². The zero-order valence-corrected chi connectivity index (χ0v) is 10.7. The maximum atomic E-state index is 4.23. The van der Waals surface area contributed by atoms with Crippen LogP contribution >= 0.6 is 0 Å². The van der Waals surface area contributed by atoms with Crippen molar-refractivity contribution < 1.29 is 0 Å². The Hall–Kier alpha value is -2.06. The molecule has 0 aromatic heterocycles. The van der Waals surface area contributed by atoms with Crippen molar-refractivity contribution >= 4 is 11.4 Å². The number of anilines is 1. The normalized spacial score (nSPS) is 12.5. The largest absolute Gasteiger partial charge is 0.344 e. The van der Waals surface area contributed by atoms with E-state index in [9.17, 15) is 0 Å².